The molecule has 146 valence electrons. The molecule has 3 N–H and O–H groups in total. The average molecular weight is 372 g/mol. The van der Waals surface area contributed by atoms with Crippen LogP contribution in [0.2, 0.25) is 0 Å². The van der Waals surface area contributed by atoms with E-state index in [4.69, 9.17) is 4.74 Å². The van der Waals surface area contributed by atoms with Crippen LogP contribution in [0.3, 0.4) is 0 Å². The molecule has 0 aliphatic heterocycles. The number of hydrogen-bond donors (Lipinski definition) is 3. The van der Waals surface area contributed by atoms with Gasteiger partial charge in [-0.2, -0.15) is 0 Å². The molecule has 1 aromatic carbocycles. The van der Waals surface area contributed by atoms with Gasteiger partial charge >= 0.3 is 5.97 Å². The number of phenolic OH excluding ortho intramolecular Hbond substituents is 2. The van der Waals surface area contributed by atoms with E-state index in [9.17, 15) is 20.1 Å². The molecule has 2 saturated carbocycles. The van der Waals surface area contributed by atoms with Crippen LogP contribution in [0.1, 0.15) is 56.0 Å². The third-order valence-corrected chi connectivity index (χ3v) is 7.15. The largest absolute Gasteiger partial charge is 0.508 e. The summed E-state index contributed by atoms with van der Waals surface area (Å²) in [5, 5.41) is 30.8. The van der Waals surface area contributed by atoms with Crippen molar-refractivity contribution in [2.24, 2.45) is 22.7 Å². The van der Waals surface area contributed by atoms with Gasteiger partial charge in [-0.15, -0.1) is 0 Å². The lowest BCUT2D eigenvalue weighted by molar-refractivity contribution is -0.208. The summed E-state index contributed by atoms with van der Waals surface area (Å²) in [5.41, 5.74) is -0.435. The number of hydrogen-bond acceptors (Lipinski definition) is 5. The third kappa shape index (κ3) is 2.59. The highest BCUT2D eigenvalue weighted by Gasteiger charge is 2.67. The van der Waals surface area contributed by atoms with Crippen molar-refractivity contribution in [3.63, 3.8) is 0 Å². The summed E-state index contributed by atoms with van der Waals surface area (Å²) < 4.78 is 5.61. The Hall–Kier alpha value is -2.01. The van der Waals surface area contributed by atoms with Gasteiger partial charge in [0.2, 0.25) is 0 Å². The zero-order valence-electron chi connectivity index (χ0n) is 16.3. The van der Waals surface area contributed by atoms with Crippen LogP contribution >= 0.6 is 0 Å². The predicted octanol–water partition coefficient (Wildman–Crippen LogP) is 3.69. The molecule has 3 aliphatic carbocycles. The van der Waals surface area contributed by atoms with Crippen LogP contribution in [-0.4, -0.2) is 33.0 Å². The number of aliphatic hydroxyl groups is 1. The lowest BCUT2D eigenvalue weighted by Crippen LogP contribution is -2.66. The molecule has 27 heavy (non-hydrogen) atoms. The molecule has 0 amide bonds. The molecule has 1 aromatic rings. The normalized spacial score (nSPS) is 38.6. The highest BCUT2D eigenvalue weighted by Crippen LogP contribution is 2.66. The van der Waals surface area contributed by atoms with E-state index in [1.54, 1.807) is 6.92 Å². The number of fused-ring (bicyclic) bond motifs is 3. The zero-order chi connectivity index (χ0) is 19.8. The Morgan fingerprint density at radius 1 is 1.22 bits per heavy atom. The maximum absolute atomic E-state index is 12.6. The van der Waals surface area contributed by atoms with Crippen molar-refractivity contribution in [3.05, 3.63) is 35.4 Å². The standard InChI is InChI=1S/C22H28O5/c1-12-7-14(23)8-15(24)18(12)19(25)27-17-9-16-21(4)11-20(2,3)10-13(21)5-6-22(16,17)26/h5-8,13,16-17,23-24,26H,9-11H2,1-4H3/t13-,16-,17-,21+,22-/m1/s1. The molecule has 0 saturated heterocycles. The van der Waals surface area contributed by atoms with Gasteiger partial charge in [0.25, 0.3) is 0 Å². The van der Waals surface area contributed by atoms with Gasteiger partial charge in [-0.1, -0.05) is 32.9 Å². The van der Waals surface area contributed by atoms with Crippen molar-refractivity contribution in [1.29, 1.82) is 0 Å². The van der Waals surface area contributed by atoms with Crippen LogP contribution < -0.4 is 0 Å². The first-order valence-electron chi connectivity index (χ1n) is 9.61. The fraction of sp³-hybridized carbons (Fsp3) is 0.591. The second-order valence-electron chi connectivity index (χ2n) is 9.74. The minimum Gasteiger partial charge on any atom is -0.508 e. The number of aromatic hydroxyl groups is 2. The molecule has 2 fully saturated rings. The highest BCUT2D eigenvalue weighted by molar-refractivity contribution is 5.94. The Bertz CT molecular complexity index is 818. The molecule has 0 spiro atoms. The smallest absolute Gasteiger partial charge is 0.342 e. The zero-order valence-corrected chi connectivity index (χ0v) is 16.3. The van der Waals surface area contributed by atoms with E-state index >= 15 is 0 Å². The minimum atomic E-state index is -1.15. The fourth-order valence-corrected chi connectivity index (χ4v) is 6.03. The highest BCUT2D eigenvalue weighted by atomic mass is 16.6. The quantitative estimate of drug-likeness (QED) is 0.544. The molecule has 0 unspecified atom stereocenters. The fourth-order valence-electron chi connectivity index (χ4n) is 6.03. The Morgan fingerprint density at radius 2 is 1.93 bits per heavy atom. The number of phenols is 2. The summed E-state index contributed by atoms with van der Waals surface area (Å²) in [7, 11) is 0. The SMILES string of the molecule is Cc1cc(O)cc(O)c1C(=O)O[C@@H]1C[C@H]2[C@]1(O)C=C[C@@H]1CC(C)(C)C[C@@]12C. The van der Waals surface area contributed by atoms with Crippen molar-refractivity contribution in [2.75, 3.05) is 0 Å². The molecule has 4 rings (SSSR count). The van der Waals surface area contributed by atoms with Gasteiger partial charge in [0, 0.05) is 12.0 Å². The number of allylic oxidation sites excluding steroid dienone is 1. The molecule has 5 heteroatoms. The van der Waals surface area contributed by atoms with E-state index in [1.165, 1.54) is 6.07 Å². The van der Waals surface area contributed by atoms with Crippen LogP contribution in [0, 0.1) is 29.6 Å². The van der Waals surface area contributed by atoms with Crippen LogP contribution in [0.4, 0.5) is 0 Å². The minimum absolute atomic E-state index is 0.00645. The number of benzene rings is 1. The van der Waals surface area contributed by atoms with E-state index in [2.05, 4.69) is 26.8 Å². The maximum atomic E-state index is 12.6. The van der Waals surface area contributed by atoms with Gasteiger partial charge in [-0.3, -0.25) is 0 Å². The topological polar surface area (TPSA) is 87.0 Å². The van der Waals surface area contributed by atoms with Gasteiger partial charge in [0.1, 0.15) is 28.8 Å². The number of carbonyl (C=O) groups excluding carboxylic acids is 1. The molecular formula is C22H28O5. The van der Waals surface area contributed by atoms with Crippen molar-refractivity contribution in [1.82, 2.24) is 0 Å². The van der Waals surface area contributed by atoms with Crippen LogP contribution in [-0.2, 0) is 4.74 Å². The number of ether oxygens (including phenoxy) is 1. The molecule has 0 aromatic heterocycles. The first-order valence-corrected chi connectivity index (χ1v) is 9.61. The van der Waals surface area contributed by atoms with Crippen LogP contribution in [0.5, 0.6) is 11.5 Å². The summed E-state index contributed by atoms with van der Waals surface area (Å²) in [6.07, 6.45) is 6.08. The molecule has 5 atom stereocenters. The Kier molecular flexibility index (Phi) is 3.74. The molecule has 0 heterocycles. The molecular weight excluding hydrogens is 344 g/mol. The Balaban J connectivity index is 1.56. The number of carbonyl (C=O) groups is 1. The summed E-state index contributed by atoms with van der Waals surface area (Å²) in [5.74, 6) is -0.591. The van der Waals surface area contributed by atoms with Gasteiger partial charge in [0.05, 0.1) is 0 Å². The van der Waals surface area contributed by atoms with Gasteiger partial charge in [-0.25, -0.2) is 4.79 Å². The Morgan fingerprint density at radius 3 is 2.59 bits per heavy atom. The molecule has 0 radical (unpaired) electrons. The Labute approximate surface area is 159 Å². The lowest BCUT2D eigenvalue weighted by Gasteiger charge is -2.59. The second kappa shape index (κ2) is 5.51. The van der Waals surface area contributed by atoms with Gasteiger partial charge < -0.3 is 20.1 Å². The van der Waals surface area contributed by atoms with Crippen molar-refractivity contribution in [2.45, 2.75) is 58.7 Å². The van der Waals surface area contributed by atoms with E-state index in [0.29, 0.717) is 17.9 Å². The van der Waals surface area contributed by atoms with E-state index in [0.717, 1.165) is 18.9 Å². The molecule has 3 aliphatic rings. The first-order chi connectivity index (χ1) is 12.5. The summed E-state index contributed by atoms with van der Waals surface area (Å²) in [4.78, 5) is 12.6. The van der Waals surface area contributed by atoms with E-state index in [1.807, 2.05) is 6.08 Å². The first kappa shape index (κ1) is 18.4. The number of aryl methyl sites for hydroxylation is 1. The monoisotopic (exact) mass is 372 g/mol. The predicted molar refractivity (Wildman–Crippen MR) is 101 cm³/mol. The summed E-state index contributed by atoms with van der Waals surface area (Å²) in [6, 6.07) is 2.52. The van der Waals surface area contributed by atoms with Crippen molar-refractivity contribution in [3.8, 4) is 11.5 Å². The van der Waals surface area contributed by atoms with Gasteiger partial charge in [0.15, 0.2) is 0 Å². The number of esters is 1. The molecule has 5 nitrogen and oxygen atoms in total. The van der Waals surface area contributed by atoms with Crippen molar-refractivity contribution >= 4 is 5.97 Å². The lowest BCUT2D eigenvalue weighted by atomic mass is 9.49. The average Bonchev–Trinajstić information content (AvgIpc) is 2.76. The second-order valence-corrected chi connectivity index (χ2v) is 9.74. The van der Waals surface area contributed by atoms with Gasteiger partial charge in [-0.05, 0) is 54.6 Å². The van der Waals surface area contributed by atoms with Crippen molar-refractivity contribution < 1.29 is 24.9 Å². The van der Waals surface area contributed by atoms with E-state index < -0.39 is 17.7 Å². The third-order valence-electron chi connectivity index (χ3n) is 7.15. The summed E-state index contributed by atoms with van der Waals surface area (Å²) >= 11 is 0. The van der Waals surface area contributed by atoms with Crippen LogP contribution in [0.15, 0.2) is 24.3 Å². The maximum Gasteiger partial charge on any atom is 0.342 e. The molecule has 0 bridgehead atoms. The van der Waals surface area contributed by atoms with Crippen LogP contribution in [0.25, 0.3) is 0 Å². The van der Waals surface area contributed by atoms with E-state index in [-0.39, 0.29) is 33.8 Å². The number of rotatable bonds is 2. The summed E-state index contributed by atoms with van der Waals surface area (Å²) in [6.45, 7) is 8.42.